The maximum atomic E-state index is 12.1. The Morgan fingerprint density at radius 2 is 1.22 bits per heavy atom. The Hall–Kier alpha value is -4.59. The summed E-state index contributed by atoms with van der Waals surface area (Å²) in [5, 5.41) is 1.59. The fourth-order valence-electron chi connectivity index (χ4n) is 3.65. The van der Waals surface area contributed by atoms with Crippen molar-refractivity contribution in [2.24, 2.45) is 0 Å². The maximum Gasteiger partial charge on any atom is 0.258 e. The van der Waals surface area contributed by atoms with E-state index >= 15 is 0 Å². The molecule has 2 aliphatic rings. The number of imide groups is 1. The first-order valence-corrected chi connectivity index (χ1v) is 9.81. The molecule has 0 bridgehead atoms. The molecule has 0 fully saturated rings. The van der Waals surface area contributed by atoms with Gasteiger partial charge in [-0.3, -0.25) is 9.59 Å². The van der Waals surface area contributed by atoms with Crippen molar-refractivity contribution in [3.05, 3.63) is 72.8 Å². The van der Waals surface area contributed by atoms with Gasteiger partial charge in [-0.1, -0.05) is 36.4 Å². The molecule has 3 aromatic carbocycles. The topological polar surface area (TPSA) is 121 Å². The van der Waals surface area contributed by atoms with Crippen LogP contribution < -0.4 is 25.8 Å². The van der Waals surface area contributed by atoms with Gasteiger partial charge in [0, 0.05) is 35.1 Å². The van der Waals surface area contributed by atoms with Crippen molar-refractivity contribution in [2.75, 3.05) is 23.2 Å². The number of carbonyl (C=O) groups is 2. The molecule has 3 heterocycles. The van der Waals surface area contributed by atoms with E-state index in [-0.39, 0.29) is 18.6 Å². The van der Waals surface area contributed by atoms with Gasteiger partial charge in [0.25, 0.3) is 11.8 Å². The van der Waals surface area contributed by atoms with Crippen LogP contribution in [0.15, 0.2) is 72.8 Å². The van der Waals surface area contributed by atoms with Crippen LogP contribution in [0.2, 0.25) is 0 Å². The summed E-state index contributed by atoms with van der Waals surface area (Å²) in [7, 11) is 0. The largest absolute Gasteiger partial charge is 0.454 e. The Bertz CT molecular complexity index is 1330. The van der Waals surface area contributed by atoms with Crippen molar-refractivity contribution in [3.63, 3.8) is 0 Å². The van der Waals surface area contributed by atoms with E-state index in [1.807, 2.05) is 48.5 Å². The highest BCUT2D eigenvalue weighted by Crippen LogP contribution is 2.37. The van der Waals surface area contributed by atoms with Crippen molar-refractivity contribution in [3.8, 4) is 11.5 Å². The number of nitrogens with zero attached hydrogens (tertiary/aromatic N) is 2. The first-order chi connectivity index (χ1) is 15.5. The molecule has 32 heavy (non-hydrogen) atoms. The highest BCUT2D eigenvalue weighted by Gasteiger charge is 2.28. The van der Waals surface area contributed by atoms with Crippen molar-refractivity contribution in [1.82, 2.24) is 4.98 Å². The predicted molar refractivity (Wildman–Crippen MR) is 122 cm³/mol. The fraction of sp³-hybridized carbons (Fsp3) is 0.0417. The second-order valence-electron chi connectivity index (χ2n) is 7.17. The van der Waals surface area contributed by atoms with Gasteiger partial charge in [-0.15, -0.1) is 0 Å². The summed E-state index contributed by atoms with van der Waals surface area (Å²) in [5.74, 6) is 0.691. The highest BCUT2D eigenvalue weighted by atomic mass is 16.7. The van der Waals surface area contributed by atoms with Gasteiger partial charge in [-0.25, -0.2) is 9.88 Å². The minimum absolute atomic E-state index is 0.248. The third-order valence-corrected chi connectivity index (χ3v) is 5.17. The average molecular weight is 426 g/mol. The third kappa shape index (κ3) is 3.24. The lowest BCUT2D eigenvalue weighted by atomic mass is 10.1. The third-order valence-electron chi connectivity index (χ3n) is 5.17. The number of nitrogen functional groups attached to an aromatic ring is 2. The van der Waals surface area contributed by atoms with Gasteiger partial charge in [0.05, 0.1) is 28.1 Å². The maximum absolute atomic E-state index is 12.1. The van der Waals surface area contributed by atoms with Crippen LogP contribution >= 0.6 is 0 Å². The molecule has 8 heteroatoms. The van der Waals surface area contributed by atoms with Crippen molar-refractivity contribution < 1.29 is 19.1 Å². The lowest BCUT2D eigenvalue weighted by molar-refractivity contribution is -0.119. The number of benzene rings is 3. The van der Waals surface area contributed by atoms with E-state index in [1.54, 1.807) is 12.1 Å². The standard InChI is InChI=1S/C17H10N2O2.C7H8N2O2/c20-15-9-10-16(21)19(15)17-11-5-1-3-7-13(11)18-14-8-4-2-6-12(14)17;8-4-1-6-7(2-5(4)9)11-3-10-6/h1-10H;1-2H,3,8-9H2. The normalized spacial score (nSPS) is 14.2. The zero-order valence-electron chi connectivity index (χ0n) is 16.8. The smallest absolute Gasteiger partial charge is 0.258 e. The van der Waals surface area contributed by atoms with Crippen LogP contribution in [0.3, 0.4) is 0 Å². The molecule has 4 N–H and O–H groups in total. The van der Waals surface area contributed by atoms with Gasteiger partial charge >= 0.3 is 0 Å². The zero-order chi connectivity index (χ0) is 22.2. The van der Waals surface area contributed by atoms with Crippen LogP contribution in [0.25, 0.3) is 21.8 Å². The zero-order valence-corrected chi connectivity index (χ0v) is 16.8. The molecule has 0 aliphatic carbocycles. The van der Waals surface area contributed by atoms with Crippen LogP contribution in [0, 0.1) is 0 Å². The fourth-order valence-corrected chi connectivity index (χ4v) is 3.65. The van der Waals surface area contributed by atoms with Crippen LogP contribution in [0.1, 0.15) is 0 Å². The number of hydrogen-bond donors (Lipinski definition) is 2. The quantitative estimate of drug-likeness (QED) is 0.272. The van der Waals surface area contributed by atoms with Crippen LogP contribution in [-0.2, 0) is 9.59 Å². The number of aromatic nitrogens is 1. The lowest BCUT2D eigenvalue weighted by Gasteiger charge is -2.18. The number of hydrogen-bond acceptors (Lipinski definition) is 7. The lowest BCUT2D eigenvalue weighted by Crippen LogP contribution is -2.30. The second kappa shape index (κ2) is 7.59. The Balaban J connectivity index is 0.000000165. The van der Waals surface area contributed by atoms with Gasteiger partial charge in [-0.2, -0.15) is 0 Å². The number of pyridine rings is 1. The highest BCUT2D eigenvalue weighted by molar-refractivity contribution is 6.33. The molecule has 8 nitrogen and oxygen atoms in total. The molecule has 0 atom stereocenters. The monoisotopic (exact) mass is 426 g/mol. The number of para-hydroxylation sites is 2. The molecule has 0 saturated carbocycles. The van der Waals surface area contributed by atoms with E-state index < -0.39 is 0 Å². The Labute approximate surface area is 182 Å². The summed E-state index contributed by atoms with van der Waals surface area (Å²) < 4.78 is 10.2. The summed E-state index contributed by atoms with van der Waals surface area (Å²) in [6.07, 6.45) is 2.60. The number of ether oxygens (including phenoxy) is 2. The van der Waals surface area contributed by atoms with Gasteiger partial charge in [0.2, 0.25) is 6.79 Å². The van der Waals surface area contributed by atoms with E-state index in [4.69, 9.17) is 20.9 Å². The average Bonchev–Trinajstić information content (AvgIpc) is 3.38. The molecule has 158 valence electrons. The number of amides is 2. The van der Waals surface area contributed by atoms with Gasteiger partial charge in [-0.05, 0) is 12.1 Å². The van der Waals surface area contributed by atoms with Crippen molar-refractivity contribution in [1.29, 1.82) is 0 Å². The van der Waals surface area contributed by atoms with Crippen molar-refractivity contribution in [2.45, 2.75) is 0 Å². The minimum atomic E-state index is -0.318. The Kier molecular flexibility index (Phi) is 4.59. The van der Waals surface area contributed by atoms with E-state index in [0.717, 1.165) is 21.8 Å². The first kappa shape index (κ1) is 19.4. The van der Waals surface area contributed by atoms with Gasteiger partial charge in [0.15, 0.2) is 11.5 Å². The molecule has 1 aromatic heterocycles. The molecule has 0 radical (unpaired) electrons. The van der Waals surface area contributed by atoms with Crippen LogP contribution in [-0.4, -0.2) is 23.6 Å². The van der Waals surface area contributed by atoms with Gasteiger partial charge in [0.1, 0.15) is 0 Å². The number of fused-ring (bicyclic) bond motifs is 3. The number of carbonyl (C=O) groups excluding carboxylic acids is 2. The van der Waals surface area contributed by atoms with E-state index in [2.05, 4.69) is 4.98 Å². The summed E-state index contributed by atoms with van der Waals surface area (Å²) in [6.45, 7) is 0.248. The number of rotatable bonds is 1. The molecule has 0 unspecified atom stereocenters. The molecule has 2 amide bonds. The number of anilines is 3. The molecule has 0 spiro atoms. The molecule has 6 rings (SSSR count). The molecule has 4 aromatic rings. The Morgan fingerprint density at radius 3 is 1.72 bits per heavy atom. The minimum Gasteiger partial charge on any atom is -0.454 e. The molecular formula is C24H18N4O4. The summed E-state index contributed by atoms with van der Waals surface area (Å²) in [4.78, 5) is 29.9. The predicted octanol–water partition coefficient (Wildman–Crippen LogP) is 3.40. The first-order valence-electron chi connectivity index (χ1n) is 9.81. The SMILES string of the molecule is Nc1cc2c(cc1N)OCO2.O=C1C=CC(=O)N1c1c2ccccc2nc2ccccc12. The van der Waals surface area contributed by atoms with E-state index in [1.165, 1.54) is 17.1 Å². The Morgan fingerprint density at radius 1 is 0.750 bits per heavy atom. The number of nitrogens with two attached hydrogens (primary N) is 2. The van der Waals surface area contributed by atoms with E-state index in [9.17, 15) is 9.59 Å². The van der Waals surface area contributed by atoms with E-state index in [0.29, 0.717) is 28.6 Å². The molecule has 2 aliphatic heterocycles. The molecular weight excluding hydrogens is 408 g/mol. The van der Waals surface area contributed by atoms with Crippen LogP contribution in [0.4, 0.5) is 17.1 Å². The summed E-state index contributed by atoms with van der Waals surface area (Å²) in [5.41, 5.74) is 14.2. The van der Waals surface area contributed by atoms with Gasteiger partial charge < -0.3 is 20.9 Å². The molecule has 0 saturated heterocycles. The van der Waals surface area contributed by atoms with Crippen LogP contribution in [0.5, 0.6) is 11.5 Å². The van der Waals surface area contributed by atoms with Crippen molar-refractivity contribution >= 4 is 50.7 Å². The summed E-state index contributed by atoms with van der Waals surface area (Å²) in [6, 6.07) is 18.4. The summed E-state index contributed by atoms with van der Waals surface area (Å²) >= 11 is 0. The second-order valence-corrected chi connectivity index (χ2v) is 7.17.